The first kappa shape index (κ1) is 19.5. The Labute approximate surface area is 174 Å². The third-order valence-corrected chi connectivity index (χ3v) is 4.95. The number of benzene rings is 2. The third kappa shape index (κ3) is 3.98. The molecule has 4 aromatic rings. The molecule has 1 N–H and O–H groups in total. The number of hydrogen-bond acceptors (Lipinski definition) is 5. The molecule has 0 aliphatic carbocycles. The Morgan fingerprint density at radius 1 is 1.10 bits per heavy atom. The van der Waals surface area contributed by atoms with Crippen molar-refractivity contribution in [2.75, 3.05) is 24.3 Å². The second kappa shape index (κ2) is 7.90. The number of carbonyl (C=O) groups excluding carboxylic acids is 1. The van der Waals surface area contributed by atoms with Crippen LogP contribution >= 0.6 is 0 Å². The molecule has 0 unspecified atom stereocenters. The summed E-state index contributed by atoms with van der Waals surface area (Å²) in [4.78, 5) is 18.6. The van der Waals surface area contributed by atoms with Gasteiger partial charge < -0.3 is 14.2 Å². The maximum absolute atomic E-state index is 12.3. The van der Waals surface area contributed by atoms with E-state index >= 15 is 0 Å². The van der Waals surface area contributed by atoms with Crippen molar-refractivity contribution in [3.8, 4) is 11.3 Å². The number of hydrogen-bond donors (Lipinski definition) is 1. The number of imidazole rings is 1. The second-order valence-corrected chi connectivity index (χ2v) is 7.36. The van der Waals surface area contributed by atoms with Gasteiger partial charge in [0.15, 0.2) is 0 Å². The summed E-state index contributed by atoms with van der Waals surface area (Å²) in [5, 5.41) is 7.24. The number of amides is 1. The summed E-state index contributed by atoms with van der Waals surface area (Å²) in [6.45, 7) is 0.162. The van der Waals surface area contributed by atoms with E-state index in [1.807, 2.05) is 79.1 Å². The molecule has 0 aliphatic rings. The van der Waals surface area contributed by atoms with E-state index in [4.69, 9.17) is 4.74 Å². The van der Waals surface area contributed by atoms with E-state index in [1.165, 1.54) is 0 Å². The van der Waals surface area contributed by atoms with Crippen LogP contribution in [0.2, 0.25) is 0 Å². The number of fused-ring (bicyclic) bond motifs is 1. The standard InChI is InChI=1S/C22H24N6O2/c1-26(2)17-8-6-16(7-9-17)18-12-21(28(4)25-18)24-22(29)30-13-15-5-10-20-19(11-15)23-14-27(20)3/h5-12,14H,13H2,1-4H3,(H,24,29). The molecule has 0 radical (unpaired) electrons. The van der Waals surface area contributed by atoms with E-state index in [9.17, 15) is 4.79 Å². The summed E-state index contributed by atoms with van der Waals surface area (Å²) in [5.74, 6) is 0.562. The molecule has 1 amide bonds. The van der Waals surface area contributed by atoms with Crippen molar-refractivity contribution in [3.63, 3.8) is 0 Å². The van der Waals surface area contributed by atoms with Gasteiger partial charge in [-0.25, -0.2) is 9.78 Å². The summed E-state index contributed by atoms with van der Waals surface area (Å²) < 4.78 is 8.94. The first-order valence-electron chi connectivity index (χ1n) is 9.56. The van der Waals surface area contributed by atoms with Crippen LogP contribution in [0.5, 0.6) is 0 Å². The fourth-order valence-electron chi connectivity index (χ4n) is 3.22. The van der Waals surface area contributed by atoms with Gasteiger partial charge in [-0.3, -0.25) is 10.00 Å². The number of aromatic nitrogens is 4. The van der Waals surface area contributed by atoms with Crippen LogP contribution < -0.4 is 10.2 Å². The molecule has 8 heteroatoms. The highest BCUT2D eigenvalue weighted by molar-refractivity contribution is 5.84. The lowest BCUT2D eigenvalue weighted by molar-refractivity contribution is 0.155. The van der Waals surface area contributed by atoms with Crippen LogP contribution in [-0.4, -0.2) is 39.5 Å². The fourth-order valence-corrected chi connectivity index (χ4v) is 3.22. The molecule has 0 fully saturated rings. The second-order valence-electron chi connectivity index (χ2n) is 7.36. The van der Waals surface area contributed by atoms with E-state index < -0.39 is 6.09 Å². The number of aryl methyl sites for hydroxylation is 2. The largest absolute Gasteiger partial charge is 0.444 e. The van der Waals surface area contributed by atoms with Crippen LogP contribution in [0, 0.1) is 0 Å². The molecule has 2 aromatic carbocycles. The normalized spacial score (nSPS) is 10.9. The Hall–Kier alpha value is -3.81. The smallest absolute Gasteiger partial charge is 0.413 e. The van der Waals surface area contributed by atoms with Gasteiger partial charge in [0, 0.05) is 45.5 Å². The van der Waals surface area contributed by atoms with Gasteiger partial charge >= 0.3 is 6.09 Å². The molecule has 2 heterocycles. The zero-order valence-corrected chi connectivity index (χ0v) is 17.5. The van der Waals surface area contributed by atoms with E-state index in [0.717, 1.165) is 33.5 Å². The Morgan fingerprint density at radius 2 is 1.87 bits per heavy atom. The number of nitrogens with one attached hydrogen (secondary N) is 1. The minimum absolute atomic E-state index is 0.162. The van der Waals surface area contributed by atoms with Gasteiger partial charge in [-0.2, -0.15) is 5.10 Å². The van der Waals surface area contributed by atoms with Gasteiger partial charge in [-0.05, 0) is 29.8 Å². The Morgan fingerprint density at radius 3 is 2.60 bits per heavy atom. The minimum Gasteiger partial charge on any atom is -0.444 e. The van der Waals surface area contributed by atoms with Gasteiger partial charge in [0.25, 0.3) is 0 Å². The molecule has 0 aliphatic heterocycles. The van der Waals surface area contributed by atoms with Crippen molar-refractivity contribution in [1.82, 2.24) is 19.3 Å². The van der Waals surface area contributed by atoms with Gasteiger partial charge in [0.1, 0.15) is 12.4 Å². The number of carbonyl (C=O) groups is 1. The molecule has 4 rings (SSSR count). The van der Waals surface area contributed by atoms with Crippen molar-refractivity contribution < 1.29 is 9.53 Å². The third-order valence-electron chi connectivity index (χ3n) is 4.95. The molecule has 154 valence electrons. The average Bonchev–Trinajstić information content (AvgIpc) is 3.29. The summed E-state index contributed by atoms with van der Waals surface area (Å²) in [6.07, 6.45) is 1.23. The topological polar surface area (TPSA) is 77.2 Å². The summed E-state index contributed by atoms with van der Waals surface area (Å²) in [6, 6.07) is 15.7. The molecule has 8 nitrogen and oxygen atoms in total. The van der Waals surface area contributed by atoms with Crippen molar-refractivity contribution in [2.45, 2.75) is 6.61 Å². The molecule has 2 aromatic heterocycles. The zero-order chi connectivity index (χ0) is 21.3. The lowest BCUT2D eigenvalue weighted by Gasteiger charge is -2.12. The Bertz CT molecular complexity index is 1190. The van der Waals surface area contributed by atoms with Crippen molar-refractivity contribution in [3.05, 3.63) is 60.4 Å². The first-order valence-corrected chi connectivity index (χ1v) is 9.56. The van der Waals surface area contributed by atoms with Gasteiger partial charge in [-0.1, -0.05) is 18.2 Å². The predicted octanol–water partition coefficient (Wildman–Crippen LogP) is 3.79. The highest BCUT2D eigenvalue weighted by Crippen LogP contribution is 2.24. The van der Waals surface area contributed by atoms with Gasteiger partial charge in [-0.15, -0.1) is 0 Å². The highest BCUT2D eigenvalue weighted by Gasteiger charge is 2.12. The maximum Gasteiger partial charge on any atom is 0.413 e. The van der Waals surface area contributed by atoms with Crippen LogP contribution in [0.15, 0.2) is 54.9 Å². The van der Waals surface area contributed by atoms with Crippen molar-refractivity contribution >= 4 is 28.6 Å². The number of rotatable bonds is 5. The van der Waals surface area contributed by atoms with Gasteiger partial charge in [0.2, 0.25) is 0 Å². The minimum atomic E-state index is -0.534. The van der Waals surface area contributed by atoms with Crippen LogP contribution in [-0.2, 0) is 25.4 Å². The van der Waals surface area contributed by atoms with E-state index in [-0.39, 0.29) is 6.61 Å². The fraction of sp³-hybridized carbons (Fsp3) is 0.227. The first-order chi connectivity index (χ1) is 14.4. The molecule has 0 atom stereocenters. The molecule has 0 bridgehead atoms. The molecular weight excluding hydrogens is 380 g/mol. The lowest BCUT2D eigenvalue weighted by atomic mass is 10.1. The lowest BCUT2D eigenvalue weighted by Crippen LogP contribution is -2.15. The van der Waals surface area contributed by atoms with E-state index in [1.54, 1.807) is 18.1 Å². The van der Waals surface area contributed by atoms with Crippen LogP contribution in [0.1, 0.15) is 5.56 Å². The van der Waals surface area contributed by atoms with Gasteiger partial charge in [0.05, 0.1) is 23.1 Å². The predicted molar refractivity (Wildman–Crippen MR) is 117 cm³/mol. The molecule has 0 saturated heterocycles. The van der Waals surface area contributed by atoms with E-state index in [0.29, 0.717) is 5.82 Å². The van der Waals surface area contributed by atoms with Crippen LogP contribution in [0.3, 0.4) is 0 Å². The maximum atomic E-state index is 12.3. The number of anilines is 2. The molecular formula is C22H24N6O2. The van der Waals surface area contributed by atoms with Crippen molar-refractivity contribution in [1.29, 1.82) is 0 Å². The zero-order valence-electron chi connectivity index (χ0n) is 17.5. The summed E-state index contributed by atoms with van der Waals surface area (Å²) in [7, 11) is 7.72. The highest BCUT2D eigenvalue weighted by atomic mass is 16.5. The monoisotopic (exact) mass is 404 g/mol. The Balaban J connectivity index is 1.40. The SMILES string of the molecule is CN(C)c1ccc(-c2cc(NC(=O)OCc3ccc4c(c3)ncn4C)n(C)n2)cc1. The van der Waals surface area contributed by atoms with Crippen LogP contribution in [0.4, 0.5) is 16.3 Å². The molecule has 30 heavy (non-hydrogen) atoms. The molecule has 0 saturated carbocycles. The number of nitrogens with zero attached hydrogens (tertiary/aromatic N) is 5. The Kier molecular flexibility index (Phi) is 5.14. The summed E-state index contributed by atoms with van der Waals surface area (Å²) in [5.41, 5.74) is 5.64. The van der Waals surface area contributed by atoms with Crippen molar-refractivity contribution in [2.24, 2.45) is 14.1 Å². The molecule has 0 spiro atoms. The van der Waals surface area contributed by atoms with E-state index in [2.05, 4.69) is 15.4 Å². The summed E-state index contributed by atoms with van der Waals surface area (Å²) >= 11 is 0. The number of ether oxygens (including phenoxy) is 1. The average molecular weight is 404 g/mol. The quantitative estimate of drug-likeness (QED) is 0.548. The van der Waals surface area contributed by atoms with Crippen LogP contribution in [0.25, 0.3) is 22.3 Å².